The van der Waals surface area contributed by atoms with Gasteiger partial charge in [-0.05, 0) is 52.9 Å². The molecule has 1 aromatic heterocycles. The second kappa shape index (κ2) is 10.9. The molecule has 1 saturated carbocycles. The predicted octanol–water partition coefficient (Wildman–Crippen LogP) is 2.93. The molecule has 1 spiro atoms. The Morgan fingerprint density at radius 1 is 1.07 bits per heavy atom. The molecule has 202 valence electrons. The van der Waals surface area contributed by atoms with Crippen LogP contribution in [0.15, 0.2) is 85.2 Å². The van der Waals surface area contributed by atoms with Crippen LogP contribution in [-0.4, -0.2) is 36.2 Å². The first-order chi connectivity index (χ1) is 18.7. The standard InChI is InChI=1S/C33H37N3O2Si.Na.H/c1-31(2,3)39(26-11-7-5-8-12-26,27-13-9-6-10-14-27)38-30-17-18-33(23-37-33)21-32(30,4)22-36-24-35-28-16-15-25(20-34)19-29(28)36;;/h5-16,19,24,30H,17-18,21-23H2,1-4H3;;/q;+1;-1/t30-,32+,33+;;/m1../s1. The average Bonchev–Trinajstić information content (AvgIpc) is 3.57. The molecule has 5 nitrogen and oxygen atoms in total. The maximum atomic E-state index is 9.53. The van der Waals surface area contributed by atoms with Gasteiger partial charge in [-0.2, -0.15) is 5.26 Å². The van der Waals surface area contributed by atoms with Gasteiger partial charge in [-0.3, -0.25) is 0 Å². The Morgan fingerprint density at radius 3 is 2.25 bits per heavy atom. The topological polar surface area (TPSA) is 63.4 Å². The molecule has 0 N–H and O–H groups in total. The Hall–Kier alpha value is -2.24. The fraction of sp³-hybridized carbons (Fsp3) is 0.394. The number of ether oxygens (including phenoxy) is 1. The van der Waals surface area contributed by atoms with E-state index in [4.69, 9.17) is 9.16 Å². The monoisotopic (exact) mass is 559 g/mol. The predicted molar refractivity (Wildman–Crippen MR) is 159 cm³/mol. The minimum absolute atomic E-state index is 0. The summed E-state index contributed by atoms with van der Waals surface area (Å²) in [4.78, 5) is 4.67. The third-order valence-electron chi connectivity index (χ3n) is 8.94. The van der Waals surface area contributed by atoms with Gasteiger partial charge in [0.05, 0.1) is 47.3 Å². The normalized spacial score (nSPS) is 24.4. The van der Waals surface area contributed by atoms with Crippen LogP contribution in [0.5, 0.6) is 0 Å². The fourth-order valence-corrected chi connectivity index (χ4v) is 11.8. The third-order valence-corrected chi connectivity index (χ3v) is 14.0. The minimum atomic E-state index is -2.73. The summed E-state index contributed by atoms with van der Waals surface area (Å²) in [5.41, 5.74) is 2.35. The molecule has 0 unspecified atom stereocenters. The van der Waals surface area contributed by atoms with Crippen LogP contribution < -0.4 is 39.9 Å². The molecule has 1 saturated heterocycles. The van der Waals surface area contributed by atoms with Gasteiger partial charge in [0.25, 0.3) is 8.32 Å². The molecular weight excluding hydrogens is 521 g/mol. The van der Waals surface area contributed by atoms with E-state index < -0.39 is 8.32 Å². The Kier molecular flexibility index (Phi) is 7.95. The van der Waals surface area contributed by atoms with Crippen LogP contribution in [0.4, 0.5) is 0 Å². The Morgan fingerprint density at radius 2 is 1.70 bits per heavy atom. The van der Waals surface area contributed by atoms with Gasteiger partial charge in [-0.1, -0.05) is 88.4 Å². The Bertz CT molecular complexity index is 1490. The molecule has 3 atom stereocenters. The van der Waals surface area contributed by atoms with E-state index in [-0.39, 0.29) is 53.1 Å². The van der Waals surface area contributed by atoms with E-state index >= 15 is 0 Å². The van der Waals surface area contributed by atoms with Crippen LogP contribution in [-0.2, 0) is 15.7 Å². The molecule has 2 fully saturated rings. The van der Waals surface area contributed by atoms with Gasteiger partial charge in [0.2, 0.25) is 0 Å². The van der Waals surface area contributed by atoms with Crippen molar-refractivity contribution in [1.29, 1.82) is 5.26 Å². The largest absolute Gasteiger partial charge is 1.00 e. The Balaban J connectivity index is 0.00000194. The second-order valence-electron chi connectivity index (χ2n) is 12.8. The van der Waals surface area contributed by atoms with Crippen LogP contribution in [0.1, 0.15) is 53.9 Å². The molecule has 7 heteroatoms. The van der Waals surface area contributed by atoms with Crippen molar-refractivity contribution >= 4 is 29.7 Å². The molecule has 4 aromatic rings. The van der Waals surface area contributed by atoms with Crippen molar-refractivity contribution in [2.45, 2.75) is 70.2 Å². The second-order valence-corrected chi connectivity index (χ2v) is 17.1. The summed E-state index contributed by atoms with van der Waals surface area (Å²) in [7, 11) is -2.73. The number of nitriles is 1. The molecule has 1 aliphatic heterocycles. The van der Waals surface area contributed by atoms with Crippen molar-refractivity contribution in [3.63, 3.8) is 0 Å². The average molecular weight is 560 g/mol. The molecule has 2 heterocycles. The van der Waals surface area contributed by atoms with Crippen molar-refractivity contribution in [1.82, 2.24) is 9.55 Å². The summed E-state index contributed by atoms with van der Waals surface area (Å²) >= 11 is 0. The van der Waals surface area contributed by atoms with E-state index in [9.17, 15) is 5.26 Å². The number of fused-ring (bicyclic) bond motifs is 1. The zero-order valence-electron chi connectivity index (χ0n) is 25.4. The first kappa shape index (κ1) is 29.3. The van der Waals surface area contributed by atoms with Gasteiger partial charge in [0, 0.05) is 12.0 Å². The number of imidazole rings is 1. The first-order valence-corrected chi connectivity index (χ1v) is 15.9. The summed E-state index contributed by atoms with van der Waals surface area (Å²) in [6.45, 7) is 11.0. The summed E-state index contributed by atoms with van der Waals surface area (Å²) in [6, 6.07) is 29.8. The quantitative estimate of drug-likeness (QED) is 0.269. The minimum Gasteiger partial charge on any atom is -1.00 e. The molecule has 0 bridgehead atoms. The number of benzene rings is 3. The molecule has 40 heavy (non-hydrogen) atoms. The Labute approximate surface area is 262 Å². The zero-order valence-corrected chi connectivity index (χ0v) is 27.4. The van der Waals surface area contributed by atoms with Gasteiger partial charge in [0.15, 0.2) is 0 Å². The van der Waals surface area contributed by atoms with Crippen molar-refractivity contribution in [2.75, 3.05) is 6.61 Å². The van der Waals surface area contributed by atoms with Crippen LogP contribution in [0.2, 0.25) is 5.04 Å². The molecule has 3 aromatic carbocycles. The number of aromatic nitrogens is 2. The van der Waals surface area contributed by atoms with E-state index in [0.29, 0.717) is 5.56 Å². The third kappa shape index (κ3) is 5.13. The molecule has 6 rings (SSSR count). The molecule has 0 amide bonds. The number of epoxide rings is 1. The maximum absolute atomic E-state index is 9.53. The summed E-state index contributed by atoms with van der Waals surface area (Å²) < 4.78 is 16.1. The van der Waals surface area contributed by atoms with Crippen molar-refractivity contribution in [2.24, 2.45) is 5.41 Å². The fourth-order valence-electron chi connectivity index (χ4n) is 6.93. The molecule has 1 aliphatic carbocycles. The van der Waals surface area contributed by atoms with E-state index in [1.807, 2.05) is 24.5 Å². The van der Waals surface area contributed by atoms with Crippen molar-refractivity contribution < 1.29 is 40.1 Å². The van der Waals surface area contributed by atoms with Crippen LogP contribution in [0, 0.1) is 16.7 Å². The van der Waals surface area contributed by atoms with E-state index in [1.165, 1.54) is 10.4 Å². The van der Waals surface area contributed by atoms with Crippen molar-refractivity contribution in [3.05, 3.63) is 90.8 Å². The van der Waals surface area contributed by atoms with E-state index in [0.717, 1.165) is 43.4 Å². The smallest absolute Gasteiger partial charge is 1.00 e. The van der Waals surface area contributed by atoms with Gasteiger partial charge in [-0.25, -0.2) is 4.98 Å². The van der Waals surface area contributed by atoms with Crippen molar-refractivity contribution in [3.8, 4) is 6.07 Å². The van der Waals surface area contributed by atoms with Gasteiger partial charge in [-0.15, -0.1) is 0 Å². The number of rotatable bonds is 6. The van der Waals surface area contributed by atoms with Crippen LogP contribution >= 0.6 is 0 Å². The molecule has 0 radical (unpaired) electrons. The molecule has 2 aliphatic rings. The van der Waals surface area contributed by atoms with Gasteiger partial charge < -0.3 is 15.2 Å². The summed E-state index contributed by atoms with van der Waals surface area (Å²) in [5.74, 6) is 0. The first-order valence-electron chi connectivity index (χ1n) is 14.0. The SMILES string of the molecule is CC(C)(C)[Si](O[C@@H]1CC[C@@]2(CO2)C[C@@]1(C)Cn1cnc2ccc(C#N)cc21)(c1ccccc1)c1ccccc1.[H-].[Na+]. The van der Waals surface area contributed by atoms with E-state index in [1.54, 1.807) is 0 Å². The van der Waals surface area contributed by atoms with Crippen LogP contribution in [0.25, 0.3) is 11.0 Å². The summed E-state index contributed by atoms with van der Waals surface area (Å²) in [5, 5.41) is 12.0. The molecular formula is C33H38N3NaO2Si. The van der Waals surface area contributed by atoms with Gasteiger partial charge >= 0.3 is 29.6 Å². The summed E-state index contributed by atoms with van der Waals surface area (Å²) in [6.07, 6.45) is 4.88. The van der Waals surface area contributed by atoms with E-state index in [2.05, 4.69) is 104 Å². The van der Waals surface area contributed by atoms with Crippen LogP contribution in [0.3, 0.4) is 0 Å². The van der Waals surface area contributed by atoms with Gasteiger partial charge in [0.1, 0.15) is 0 Å². The zero-order chi connectivity index (χ0) is 27.3. The number of hydrogen-bond acceptors (Lipinski definition) is 4. The maximum Gasteiger partial charge on any atom is 1.00 e. The number of hydrogen-bond donors (Lipinski definition) is 0. The number of nitrogens with zero attached hydrogens (tertiary/aromatic N) is 3.